The number of carboxylic acids is 1. The van der Waals surface area contributed by atoms with Gasteiger partial charge in [0.15, 0.2) is 0 Å². The lowest BCUT2D eigenvalue weighted by Crippen LogP contribution is -2.29. The van der Waals surface area contributed by atoms with Crippen LogP contribution in [0.3, 0.4) is 0 Å². The minimum atomic E-state index is -0.914. The lowest BCUT2D eigenvalue weighted by atomic mass is 10.0. The van der Waals surface area contributed by atoms with E-state index in [2.05, 4.69) is 5.32 Å². The predicted octanol–water partition coefficient (Wildman–Crippen LogP) is 1.94. The summed E-state index contributed by atoms with van der Waals surface area (Å²) in [4.78, 5) is 34.7. The third-order valence-corrected chi connectivity index (χ3v) is 3.93. The fourth-order valence-corrected chi connectivity index (χ4v) is 2.69. The van der Waals surface area contributed by atoms with Gasteiger partial charge in [0.25, 0.3) is 0 Å². The Labute approximate surface area is 144 Å². The average Bonchev–Trinajstić information content (AvgIpc) is 2.54. The highest BCUT2D eigenvalue weighted by Gasteiger charge is 2.17. The first-order chi connectivity index (χ1) is 11.8. The van der Waals surface area contributed by atoms with Gasteiger partial charge in [-0.1, -0.05) is 0 Å². The van der Waals surface area contributed by atoms with E-state index in [-0.39, 0.29) is 30.9 Å². The number of aryl methyl sites for hydroxylation is 2. The van der Waals surface area contributed by atoms with Gasteiger partial charge in [-0.2, -0.15) is 0 Å². The molecule has 2 rings (SSSR count). The van der Waals surface area contributed by atoms with Gasteiger partial charge in [-0.3, -0.25) is 9.59 Å². The van der Waals surface area contributed by atoms with E-state index in [4.69, 9.17) is 14.3 Å². The maximum atomic E-state index is 12.3. The smallest absolute Gasteiger partial charge is 0.340 e. The Morgan fingerprint density at radius 1 is 1.28 bits per heavy atom. The molecule has 0 unspecified atom stereocenters. The summed E-state index contributed by atoms with van der Waals surface area (Å²) in [6, 6.07) is 3.59. The summed E-state index contributed by atoms with van der Waals surface area (Å²) in [5.41, 5.74) is 1.67. The number of hydrogen-bond acceptors (Lipinski definition) is 5. The molecule has 2 N–H and O–H groups in total. The van der Waals surface area contributed by atoms with E-state index in [0.717, 1.165) is 5.56 Å². The van der Waals surface area contributed by atoms with Crippen molar-refractivity contribution in [2.24, 2.45) is 0 Å². The molecule has 25 heavy (non-hydrogen) atoms. The van der Waals surface area contributed by atoms with Gasteiger partial charge in [0, 0.05) is 13.0 Å². The molecule has 0 radical (unpaired) electrons. The Balaban J connectivity index is 2.26. The first kappa shape index (κ1) is 18.5. The van der Waals surface area contributed by atoms with Crippen molar-refractivity contribution >= 4 is 22.8 Å². The molecule has 1 amide bonds. The third kappa shape index (κ3) is 4.37. The summed E-state index contributed by atoms with van der Waals surface area (Å²) < 4.78 is 10.7. The number of rotatable bonds is 7. The summed E-state index contributed by atoms with van der Waals surface area (Å²) >= 11 is 0. The lowest BCUT2D eigenvalue weighted by Gasteiger charge is -2.12. The molecule has 1 heterocycles. The van der Waals surface area contributed by atoms with E-state index in [1.165, 1.54) is 7.11 Å². The van der Waals surface area contributed by atoms with Gasteiger partial charge in [-0.05, 0) is 43.5 Å². The van der Waals surface area contributed by atoms with Crippen LogP contribution in [0.2, 0.25) is 0 Å². The number of benzene rings is 1. The SMILES string of the molecule is COc1cc(C)cc2oc(=O)c(CC(=O)NCCCC(=O)O)c(C)c12. The lowest BCUT2D eigenvalue weighted by molar-refractivity contribution is -0.137. The third-order valence-electron chi connectivity index (χ3n) is 3.93. The van der Waals surface area contributed by atoms with Crippen LogP contribution < -0.4 is 15.7 Å². The molecule has 134 valence electrons. The number of ether oxygens (including phenoxy) is 1. The number of carbonyl (C=O) groups is 2. The van der Waals surface area contributed by atoms with Crippen molar-refractivity contribution in [2.45, 2.75) is 33.1 Å². The molecule has 0 atom stereocenters. The Hall–Kier alpha value is -2.83. The standard InChI is InChI=1S/C18H21NO6/c1-10-7-13(24-3)17-11(2)12(18(23)25-14(17)8-10)9-15(20)19-6-4-5-16(21)22/h7-8H,4-6,9H2,1-3H3,(H,19,20)(H,21,22). The first-order valence-corrected chi connectivity index (χ1v) is 7.93. The highest BCUT2D eigenvalue weighted by molar-refractivity contribution is 5.89. The van der Waals surface area contributed by atoms with Crippen LogP contribution in [0, 0.1) is 13.8 Å². The van der Waals surface area contributed by atoms with E-state index >= 15 is 0 Å². The monoisotopic (exact) mass is 347 g/mol. The minimum absolute atomic E-state index is 0.0199. The number of aliphatic carboxylic acids is 1. The van der Waals surface area contributed by atoms with Crippen LogP contribution in [0.5, 0.6) is 5.75 Å². The van der Waals surface area contributed by atoms with Crippen molar-refractivity contribution in [3.63, 3.8) is 0 Å². The Kier molecular flexibility index (Phi) is 5.80. The van der Waals surface area contributed by atoms with Crippen molar-refractivity contribution in [2.75, 3.05) is 13.7 Å². The highest BCUT2D eigenvalue weighted by atomic mass is 16.5. The molecule has 0 spiro atoms. The van der Waals surface area contributed by atoms with E-state index in [1.807, 2.05) is 13.0 Å². The van der Waals surface area contributed by atoms with Crippen molar-refractivity contribution in [3.05, 3.63) is 39.2 Å². The second kappa shape index (κ2) is 7.83. The quantitative estimate of drug-likeness (QED) is 0.586. The zero-order valence-corrected chi connectivity index (χ0v) is 14.5. The van der Waals surface area contributed by atoms with Crippen LogP contribution >= 0.6 is 0 Å². The summed E-state index contributed by atoms with van der Waals surface area (Å²) in [5, 5.41) is 11.9. The van der Waals surface area contributed by atoms with E-state index in [9.17, 15) is 14.4 Å². The molecule has 2 aromatic rings. The maximum absolute atomic E-state index is 12.3. The number of fused-ring (bicyclic) bond motifs is 1. The van der Waals surface area contributed by atoms with Gasteiger partial charge in [-0.25, -0.2) is 4.79 Å². The van der Waals surface area contributed by atoms with Crippen molar-refractivity contribution in [1.82, 2.24) is 5.32 Å². The Bertz CT molecular complexity index is 868. The van der Waals surface area contributed by atoms with Gasteiger partial charge >= 0.3 is 11.6 Å². The van der Waals surface area contributed by atoms with E-state index in [1.54, 1.807) is 13.0 Å². The summed E-state index contributed by atoms with van der Waals surface area (Å²) in [6.07, 6.45) is 0.182. The predicted molar refractivity (Wildman–Crippen MR) is 92.1 cm³/mol. The molecule has 7 nitrogen and oxygen atoms in total. The van der Waals surface area contributed by atoms with Crippen molar-refractivity contribution < 1.29 is 23.8 Å². The zero-order chi connectivity index (χ0) is 18.6. The molecule has 0 saturated carbocycles. The Morgan fingerprint density at radius 3 is 2.64 bits per heavy atom. The first-order valence-electron chi connectivity index (χ1n) is 7.93. The second-order valence-corrected chi connectivity index (χ2v) is 5.86. The molecule has 0 fully saturated rings. The average molecular weight is 347 g/mol. The molecule has 0 bridgehead atoms. The number of amides is 1. The normalized spacial score (nSPS) is 10.7. The van der Waals surface area contributed by atoms with Gasteiger partial charge < -0.3 is 19.6 Å². The van der Waals surface area contributed by atoms with Gasteiger partial charge in [0.2, 0.25) is 5.91 Å². The summed E-state index contributed by atoms with van der Waals surface area (Å²) in [7, 11) is 1.54. The number of methoxy groups -OCH3 is 1. The summed E-state index contributed by atoms with van der Waals surface area (Å²) in [6.45, 7) is 3.87. The fraction of sp³-hybridized carbons (Fsp3) is 0.389. The van der Waals surface area contributed by atoms with E-state index in [0.29, 0.717) is 28.7 Å². The minimum Gasteiger partial charge on any atom is -0.496 e. The van der Waals surface area contributed by atoms with Crippen molar-refractivity contribution in [3.8, 4) is 5.75 Å². The topological polar surface area (TPSA) is 106 Å². The van der Waals surface area contributed by atoms with Crippen molar-refractivity contribution in [1.29, 1.82) is 0 Å². The van der Waals surface area contributed by atoms with Crippen LogP contribution in [-0.4, -0.2) is 30.6 Å². The molecular formula is C18H21NO6. The highest BCUT2D eigenvalue weighted by Crippen LogP contribution is 2.30. The Morgan fingerprint density at radius 2 is 2.00 bits per heavy atom. The molecule has 0 aliphatic rings. The zero-order valence-electron chi connectivity index (χ0n) is 14.5. The number of nitrogens with one attached hydrogen (secondary N) is 1. The van der Waals surface area contributed by atoms with Gasteiger partial charge in [0.1, 0.15) is 11.3 Å². The summed E-state index contributed by atoms with van der Waals surface area (Å²) in [5.74, 6) is -0.687. The molecule has 0 saturated heterocycles. The van der Waals surface area contributed by atoms with Crippen LogP contribution in [0.4, 0.5) is 0 Å². The molecular weight excluding hydrogens is 326 g/mol. The second-order valence-electron chi connectivity index (χ2n) is 5.86. The van der Waals surface area contributed by atoms with E-state index < -0.39 is 11.6 Å². The van der Waals surface area contributed by atoms with Crippen LogP contribution in [-0.2, 0) is 16.0 Å². The molecule has 1 aromatic carbocycles. The number of hydrogen-bond donors (Lipinski definition) is 2. The number of carboxylic acid groups (broad SMARTS) is 1. The molecule has 0 aliphatic heterocycles. The van der Waals surface area contributed by atoms with Crippen LogP contribution in [0.1, 0.15) is 29.5 Å². The van der Waals surface area contributed by atoms with Gasteiger partial charge in [0.05, 0.1) is 24.5 Å². The molecule has 0 aliphatic carbocycles. The van der Waals surface area contributed by atoms with Gasteiger partial charge in [-0.15, -0.1) is 0 Å². The fourth-order valence-electron chi connectivity index (χ4n) is 2.69. The molecule has 1 aromatic heterocycles. The maximum Gasteiger partial charge on any atom is 0.340 e. The van der Waals surface area contributed by atoms with Crippen LogP contribution in [0.25, 0.3) is 11.0 Å². The number of carbonyl (C=O) groups excluding carboxylic acids is 1. The van der Waals surface area contributed by atoms with Crippen LogP contribution in [0.15, 0.2) is 21.3 Å². The largest absolute Gasteiger partial charge is 0.496 e. The molecule has 7 heteroatoms.